The molecule has 30 heavy (non-hydrogen) atoms. The maximum Gasteiger partial charge on any atom is 0.215 e. The Labute approximate surface area is 176 Å². The summed E-state index contributed by atoms with van der Waals surface area (Å²) in [6.45, 7) is 3.78. The van der Waals surface area contributed by atoms with Crippen molar-refractivity contribution in [3.63, 3.8) is 0 Å². The van der Waals surface area contributed by atoms with E-state index in [1.165, 1.54) is 11.3 Å². The molecule has 0 unspecified atom stereocenters. The van der Waals surface area contributed by atoms with Crippen LogP contribution >= 0.6 is 0 Å². The van der Waals surface area contributed by atoms with Crippen LogP contribution in [0.15, 0.2) is 78.9 Å². The summed E-state index contributed by atoms with van der Waals surface area (Å²) >= 11 is 0. The fourth-order valence-electron chi connectivity index (χ4n) is 4.04. The van der Waals surface area contributed by atoms with Gasteiger partial charge >= 0.3 is 0 Å². The van der Waals surface area contributed by atoms with Crippen molar-refractivity contribution in [2.45, 2.75) is 0 Å². The van der Waals surface area contributed by atoms with E-state index in [1.807, 2.05) is 18.2 Å². The van der Waals surface area contributed by atoms with E-state index < -0.39 is 0 Å². The molecule has 4 aromatic rings. The zero-order valence-electron chi connectivity index (χ0n) is 17.0. The van der Waals surface area contributed by atoms with E-state index in [2.05, 4.69) is 75.4 Å². The van der Waals surface area contributed by atoms with Gasteiger partial charge in [0.15, 0.2) is 5.65 Å². The molecule has 0 saturated carbocycles. The van der Waals surface area contributed by atoms with E-state index >= 15 is 0 Å². The van der Waals surface area contributed by atoms with Crippen molar-refractivity contribution in [3.05, 3.63) is 78.9 Å². The molecule has 1 aliphatic rings. The molecule has 5 nitrogen and oxygen atoms in total. The van der Waals surface area contributed by atoms with Gasteiger partial charge in [0.1, 0.15) is 5.82 Å². The average Bonchev–Trinajstić information content (AvgIpc) is 2.84. The lowest BCUT2D eigenvalue weighted by Gasteiger charge is -2.37. The number of hydrogen-bond donors (Lipinski definition) is 0. The minimum atomic E-state index is 0.583. The van der Waals surface area contributed by atoms with Crippen molar-refractivity contribution in [1.82, 2.24) is 9.97 Å². The number of ether oxygens (including phenoxy) is 1. The molecule has 0 amide bonds. The fraction of sp³-hybridized carbons (Fsp3) is 0.200. The summed E-state index contributed by atoms with van der Waals surface area (Å²) in [5.41, 5.74) is 4.31. The highest BCUT2D eigenvalue weighted by molar-refractivity contribution is 5.94. The molecule has 5 rings (SSSR count). The first-order valence-electron chi connectivity index (χ1n) is 10.3. The van der Waals surface area contributed by atoms with Crippen LogP contribution in [0.2, 0.25) is 0 Å². The van der Waals surface area contributed by atoms with Crippen LogP contribution in [0, 0.1) is 0 Å². The molecule has 5 heteroatoms. The molecule has 2 aromatic carbocycles. The molecular formula is C25H24N4O. The largest absolute Gasteiger partial charge is 0.481 e. The third kappa shape index (κ3) is 3.54. The van der Waals surface area contributed by atoms with Crippen LogP contribution in [0.4, 0.5) is 11.5 Å². The SMILES string of the molecule is COc1ccc2c(-c3ccccc3)cc(N3CCN(c4ccccc4)CC3)nc2n1. The van der Waals surface area contributed by atoms with Crippen LogP contribution in [0.25, 0.3) is 22.2 Å². The molecule has 1 fully saturated rings. The van der Waals surface area contributed by atoms with Gasteiger partial charge in [0.25, 0.3) is 0 Å². The number of piperazine rings is 1. The van der Waals surface area contributed by atoms with E-state index in [4.69, 9.17) is 9.72 Å². The quantitative estimate of drug-likeness (QED) is 0.503. The van der Waals surface area contributed by atoms with Gasteiger partial charge < -0.3 is 14.5 Å². The van der Waals surface area contributed by atoms with Gasteiger partial charge in [0.2, 0.25) is 5.88 Å². The predicted molar refractivity (Wildman–Crippen MR) is 122 cm³/mol. The molecular weight excluding hydrogens is 372 g/mol. The Balaban J connectivity index is 1.50. The van der Waals surface area contributed by atoms with Crippen LogP contribution < -0.4 is 14.5 Å². The van der Waals surface area contributed by atoms with Crippen molar-refractivity contribution in [3.8, 4) is 17.0 Å². The van der Waals surface area contributed by atoms with Crippen LogP contribution in [0.3, 0.4) is 0 Å². The molecule has 1 aliphatic heterocycles. The normalized spacial score (nSPS) is 14.2. The second kappa shape index (κ2) is 8.03. The Morgan fingerprint density at radius 2 is 1.40 bits per heavy atom. The van der Waals surface area contributed by atoms with Gasteiger partial charge in [-0.2, -0.15) is 4.98 Å². The number of pyridine rings is 2. The molecule has 0 aliphatic carbocycles. The average molecular weight is 396 g/mol. The number of anilines is 2. The Hall–Kier alpha value is -3.60. The van der Waals surface area contributed by atoms with Gasteiger partial charge in [-0.25, -0.2) is 4.98 Å². The van der Waals surface area contributed by atoms with Crippen molar-refractivity contribution in [2.75, 3.05) is 43.1 Å². The van der Waals surface area contributed by atoms with Gasteiger partial charge in [-0.1, -0.05) is 48.5 Å². The maximum absolute atomic E-state index is 5.34. The lowest BCUT2D eigenvalue weighted by molar-refractivity contribution is 0.399. The summed E-state index contributed by atoms with van der Waals surface area (Å²) in [5.74, 6) is 1.55. The van der Waals surface area contributed by atoms with Crippen molar-refractivity contribution < 1.29 is 4.74 Å². The van der Waals surface area contributed by atoms with E-state index in [0.29, 0.717) is 5.88 Å². The maximum atomic E-state index is 5.34. The molecule has 2 aromatic heterocycles. The summed E-state index contributed by atoms with van der Waals surface area (Å²) in [4.78, 5) is 14.3. The lowest BCUT2D eigenvalue weighted by atomic mass is 10.0. The first kappa shape index (κ1) is 18.4. The first-order chi connectivity index (χ1) is 14.8. The number of hydrogen-bond acceptors (Lipinski definition) is 5. The second-order valence-corrected chi connectivity index (χ2v) is 7.43. The Morgan fingerprint density at radius 3 is 2.10 bits per heavy atom. The van der Waals surface area contributed by atoms with Crippen LogP contribution in [-0.2, 0) is 0 Å². The minimum Gasteiger partial charge on any atom is -0.481 e. The van der Waals surface area contributed by atoms with Gasteiger partial charge in [0, 0.05) is 43.3 Å². The first-order valence-corrected chi connectivity index (χ1v) is 10.3. The number of fused-ring (bicyclic) bond motifs is 1. The number of nitrogens with zero attached hydrogens (tertiary/aromatic N) is 4. The van der Waals surface area contributed by atoms with Crippen LogP contribution in [-0.4, -0.2) is 43.3 Å². The Bertz CT molecular complexity index is 1140. The molecule has 0 radical (unpaired) electrons. The van der Waals surface area contributed by atoms with Crippen molar-refractivity contribution >= 4 is 22.5 Å². The van der Waals surface area contributed by atoms with Crippen LogP contribution in [0.5, 0.6) is 5.88 Å². The minimum absolute atomic E-state index is 0.583. The number of aromatic nitrogens is 2. The highest BCUT2D eigenvalue weighted by Gasteiger charge is 2.20. The highest BCUT2D eigenvalue weighted by Crippen LogP contribution is 2.32. The monoisotopic (exact) mass is 396 g/mol. The predicted octanol–water partition coefficient (Wildman–Crippen LogP) is 4.63. The molecule has 0 spiro atoms. The van der Waals surface area contributed by atoms with E-state index in [1.54, 1.807) is 7.11 Å². The smallest absolute Gasteiger partial charge is 0.215 e. The fourth-order valence-corrected chi connectivity index (χ4v) is 4.04. The summed E-state index contributed by atoms with van der Waals surface area (Å²) in [6.07, 6.45) is 0. The molecule has 3 heterocycles. The van der Waals surface area contributed by atoms with E-state index in [9.17, 15) is 0 Å². The molecule has 0 N–H and O–H groups in total. The highest BCUT2D eigenvalue weighted by atomic mass is 16.5. The zero-order valence-corrected chi connectivity index (χ0v) is 17.0. The number of rotatable bonds is 4. The third-order valence-electron chi connectivity index (χ3n) is 5.65. The van der Waals surface area contributed by atoms with Crippen molar-refractivity contribution in [2.24, 2.45) is 0 Å². The van der Waals surface area contributed by atoms with Gasteiger partial charge in [0.05, 0.1) is 7.11 Å². The number of para-hydroxylation sites is 1. The lowest BCUT2D eigenvalue weighted by Crippen LogP contribution is -2.46. The second-order valence-electron chi connectivity index (χ2n) is 7.43. The number of methoxy groups -OCH3 is 1. The van der Waals surface area contributed by atoms with Gasteiger partial charge in [-0.05, 0) is 35.4 Å². The van der Waals surface area contributed by atoms with E-state index in [0.717, 1.165) is 48.6 Å². The standard InChI is InChI=1S/C25H24N4O/c1-30-24-13-12-21-22(19-8-4-2-5-9-19)18-23(26-25(21)27-24)29-16-14-28(15-17-29)20-10-6-3-7-11-20/h2-13,18H,14-17H2,1H3. The third-order valence-corrected chi connectivity index (χ3v) is 5.65. The topological polar surface area (TPSA) is 41.5 Å². The molecule has 0 atom stereocenters. The summed E-state index contributed by atoms with van der Waals surface area (Å²) in [6, 6.07) is 27.2. The van der Waals surface area contributed by atoms with E-state index in [-0.39, 0.29) is 0 Å². The summed E-state index contributed by atoms with van der Waals surface area (Å²) in [7, 11) is 1.64. The molecule has 150 valence electrons. The van der Waals surface area contributed by atoms with Crippen LogP contribution in [0.1, 0.15) is 0 Å². The van der Waals surface area contributed by atoms with Gasteiger partial charge in [-0.3, -0.25) is 0 Å². The summed E-state index contributed by atoms with van der Waals surface area (Å²) in [5, 5.41) is 1.04. The van der Waals surface area contributed by atoms with Gasteiger partial charge in [-0.15, -0.1) is 0 Å². The zero-order chi connectivity index (χ0) is 20.3. The summed E-state index contributed by atoms with van der Waals surface area (Å²) < 4.78 is 5.34. The molecule has 0 bridgehead atoms. The van der Waals surface area contributed by atoms with Crippen molar-refractivity contribution in [1.29, 1.82) is 0 Å². The molecule has 1 saturated heterocycles. The Morgan fingerprint density at radius 1 is 0.733 bits per heavy atom. The Kier molecular flexibility index (Phi) is 4.93. The number of benzene rings is 2.